The van der Waals surface area contributed by atoms with E-state index >= 15 is 0 Å². The zero-order valence-corrected chi connectivity index (χ0v) is 20.6. The van der Waals surface area contributed by atoms with Crippen LogP contribution in [0.3, 0.4) is 0 Å². The third-order valence-corrected chi connectivity index (χ3v) is 6.22. The Labute approximate surface area is 226 Å². The number of hydrogen-bond acceptors (Lipinski definition) is 3. The van der Waals surface area contributed by atoms with Crippen molar-refractivity contribution in [3.63, 3.8) is 0 Å². The topological polar surface area (TPSA) is 27.7 Å². The second-order valence-corrected chi connectivity index (χ2v) is 9.00. The quantitative estimate of drug-likeness (QED) is 0.168. The highest BCUT2D eigenvalue weighted by molar-refractivity contribution is 5.66. The maximum atomic E-state index is 14.9. The summed E-state index contributed by atoms with van der Waals surface area (Å²) in [6.45, 7) is 0.792. The van der Waals surface area contributed by atoms with Crippen LogP contribution in [0.5, 0.6) is 5.75 Å². The van der Waals surface area contributed by atoms with Crippen molar-refractivity contribution in [1.29, 1.82) is 0 Å². The summed E-state index contributed by atoms with van der Waals surface area (Å²) in [6.07, 6.45) is -4.84. The van der Waals surface area contributed by atoms with Crippen LogP contribution in [0.4, 0.5) is 39.5 Å². The number of rotatable bonds is 6. The molecule has 1 aliphatic rings. The van der Waals surface area contributed by atoms with Gasteiger partial charge in [0.2, 0.25) is 0 Å². The van der Waals surface area contributed by atoms with E-state index in [-0.39, 0.29) is 11.1 Å². The molecule has 0 spiro atoms. The average Bonchev–Trinajstić information content (AvgIpc) is 2.91. The van der Waals surface area contributed by atoms with E-state index in [2.05, 4.69) is 4.74 Å². The second kappa shape index (κ2) is 11.1. The first-order valence-corrected chi connectivity index (χ1v) is 12.0. The normalized spacial score (nSPS) is 14.4. The molecule has 0 bridgehead atoms. The van der Waals surface area contributed by atoms with Crippen molar-refractivity contribution in [3.05, 3.63) is 113 Å². The molecule has 3 nitrogen and oxygen atoms in total. The summed E-state index contributed by atoms with van der Waals surface area (Å²) in [7, 11) is 0. The van der Waals surface area contributed by atoms with Gasteiger partial charge in [0.25, 0.3) is 0 Å². The molecule has 4 aromatic rings. The van der Waals surface area contributed by atoms with Crippen LogP contribution in [-0.2, 0) is 15.6 Å². The molecule has 1 aliphatic heterocycles. The first kappa shape index (κ1) is 28.5. The highest BCUT2D eigenvalue weighted by Gasteiger charge is 2.41. The molecule has 0 aliphatic carbocycles. The second-order valence-electron chi connectivity index (χ2n) is 9.00. The smallest absolute Gasteiger partial charge is 0.429 e. The van der Waals surface area contributed by atoms with Gasteiger partial charge in [-0.2, -0.15) is 8.78 Å². The number of halogens is 9. The molecule has 1 heterocycles. The minimum Gasteiger partial charge on any atom is -0.429 e. The molecule has 1 saturated heterocycles. The van der Waals surface area contributed by atoms with Gasteiger partial charge < -0.3 is 14.2 Å². The van der Waals surface area contributed by atoms with Crippen molar-refractivity contribution in [2.24, 2.45) is 0 Å². The number of hydrogen-bond donors (Lipinski definition) is 0. The van der Waals surface area contributed by atoms with Gasteiger partial charge in [-0.05, 0) is 60.0 Å². The molecule has 0 N–H and O–H groups in total. The van der Waals surface area contributed by atoms with Gasteiger partial charge in [0.1, 0.15) is 34.6 Å². The monoisotopic (exact) mass is 584 g/mol. The number of benzene rings is 4. The van der Waals surface area contributed by atoms with Crippen LogP contribution >= 0.6 is 0 Å². The lowest BCUT2D eigenvalue weighted by molar-refractivity contribution is -0.189. The molecule has 214 valence electrons. The largest absolute Gasteiger partial charge is 0.432 e. The fraction of sp³-hybridized carbons (Fsp3) is 0.172. The van der Waals surface area contributed by atoms with Crippen molar-refractivity contribution in [1.82, 2.24) is 0 Å². The van der Waals surface area contributed by atoms with Gasteiger partial charge in [-0.1, -0.05) is 12.1 Å². The van der Waals surface area contributed by atoms with Gasteiger partial charge in [0.15, 0.2) is 23.7 Å². The van der Waals surface area contributed by atoms with E-state index in [1.807, 2.05) is 0 Å². The first-order chi connectivity index (χ1) is 19.4. The van der Waals surface area contributed by atoms with E-state index in [1.54, 1.807) is 0 Å². The minimum atomic E-state index is -4.67. The first-order valence-electron chi connectivity index (χ1n) is 12.0. The van der Waals surface area contributed by atoms with E-state index in [0.29, 0.717) is 55.5 Å². The zero-order valence-electron chi connectivity index (χ0n) is 20.6. The summed E-state index contributed by atoms with van der Waals surface area (Å²) in [6, 6.07) is 7.55. The Morgan fingerprint density at radius 2 is 1.12 bits per heavy atom. The van der Waals surface area contributed by atoms with Gasteiger partial charge in [0.05, 0.1) is 13.2 Å². The minimum absolute atomic E-state index is 0.288. The zero-order chi connectivity index (χ0) is 29.5. The third kappa shape index (κ3) is 5.75. The Bertz CT molecular complexity index is 1570. The van der Waals surface area contributed by atoms with Crippen molar-refractivity contribution in [2.45, 2.75) is 18.8 Å². The van der Waals surface area contributed by atoms with Crippen molar-refractivity contribution in [2.75, 3.05) is 13.2 Å². The van der Waals surface area contributed by atoms with Crippen LogP contribution in [0.15, 0.2) is 60.7 Å². The molecular weight excluding hydrogens is 567 g/mol. The van der Waals surface area contributed by atoms with Gasteiger partial charge in [0, 0.05) is 22.8 Å². The lowest BCUT2D eigenvalue weighted by Crippen LogP contribution is -2.25. The van der Waals surface area contributed by atoms with Crippen molar-refractivity contribution < 1.29 is 53.7 Å². The Balaban J connectivity index is 1.40. The SMILES string of the molecule is Fc1cc(OC(F)(F)c2c(F)cc(-c3ccc(C4OCCCO4)cc3F)cc2F)ccc1-c1cc(F)c(F)c(F)c1. The van der Waals surface area contributed by atoms with E-state index in [0.717, 1.165) is 18.2 Å². The Morgan fingerprint density at radius 1 is 0.610 bits per heavy atom. The molecule has 1 fully saturated rings. The fourth-order valence-corrected chi connectivity index (χ4v) is 4.30. The molecular formula is C29H17F9O3. The number of ether oxygens (including phenoxy) is 3. The fourth-order valence-electron chi connectivity index (χ4n) is 4.30. The standard InChI is InChI=1S/C29H17F9O3/c30-20-8-14(28-39-6-1-7-40-28)2-4-18(20)15-9-22(32)26(23(33)10-15)29(37,38)41-17-3-5-19(21(31)13-17)16-11-24(34)27(36)25(35)12-16/h2-5,8-13,28H,1,6-7H2. The van der Waals surface area contributed by atoms with Gasteiger partial charge in [-0.25, -0.2) is 30.7 Å². The van der Waals surface area contributed by atoms with E-state index in [9.17, 15) is 39.5 Å². The Morgan fingerprint density at radius 3 is 1.66 bits per heavy atom. The molecule has 0 amide bonds. The van der Waals surface area contributed by atoms with Crippen molar-refractivity contribution >= 4 is 0 Å². The van der Waals surface area contributed by atoms with E-state index in [1.165, 1.54) is 12.1 Å². The predicted molar refractivity (Wildman–Crippen MR) is 127 cm³/mol. The van der Waals surface area contributed by atoms with Crippen LogP contribution in [-0.4, -0.2) is 13.2 Å². The van der Waals surface area contributed by atoms with Crippen LogP contribution in [0, 0.1) is 40.7 Å². The summed E-state index contributed by atoms with van der Waals surface area (Å²) < 4.78 is 144. The average molecular weight is 584 g/mol. The molecule has 5 rings (SSSR count). The summed E-state index contributed by atoms with van der Waals surface area (Å²) in [5.74, 6) is -11.7. The van der Waals surface area contributed by atoms with E-state index < -0.39 is 75.6 Å². The molecule has 0 atom stereocenters. The molecule has 0 radical (unpaired) electrons. The Kier molecular flexibility index (Phi) is 7.71. The van der Waals surface area contributed by atoms with Gasteiger partial charge >= 0.3 is 6.11 Å². The maximum absolute atomic E-state index is 14.9. The van der Waals surface area contributed by atoms with Crippen LogP contribution in [0.25, 0.3) is 22.3 Å². The molecule has 4 aromatic carbocycles. The molecule has 0 unspecified atom stereocenters. The van der Waals surface area contributed by atoms with Crippen molar-refractivity contribution in [3.8, 4) is 28.0 Å². The maximum Gasteiger partial charge on any atom is 0.432 e. The Hall–Kier alpha value is -4.03. The summed E-state index contributed by atoms with van der Waals surface area (Å²) in [5, 5.41) is 0. The van der Waals surface area contributed by atoms with Crippen LogP contribution in [0.1, 0.15) is 23.8 Å². The highest BCUT2D eigenvalue weighted by Crippen LogP contribution is 2.39. The van der Waals surface area contributed by atoms with Crippen LogP contribution < -0.4 is 4.74 Å². The van der Waals surface area contributed by atoms with Crippen LogP contribution in [0.2, 0.25) is 0 Å². The summed E-state index contributed by atoms with van der Waals surface area (Å²) in [5.41, 5.74) is -3.11. The molecule has 12 heteroatoms. The lowest BCUT2D eigenvalue weighted by atomic mass is 10.00. The molecule has 41 heavy (non-hydrogen) atoms. The third-order valence-electron chi connectivity index (χ3n) is 6.22. The number of alkyl halides is 2. The summed E-state index contributed by atoms with van der Waals surface area (Å²) >= 11 is 0. The highest BCUT2D eigenvalue weighted by atomic mass is 19.3. The molecule has 0 aromatic heterocycles. The van der Waals surface area contributed by atoms with Gasteiger partial charge in [-0.15, -0.1) is 0 Å². The molecule has 0 saturated carbocycles. The summed E-state index contributed by atoms with van der Waals surface area (Å²) in [4.78, 5) is 0. The van der Waals surface area contributed by atoms with E-state index in [4.69, 9.17) is 9.47 Å². The lowest BCUT2D eigenvalue weighted by Gasteiger charge is -2.23. The van der Waals surface area contributed by atoms with Gasteiger partial charge in [-0.3, -0.25) is 0 Å². The predicted octanol–water partition coefficient (Wildman–Crippen LogP) is 8.56.